The van der Waals surface area contributed by atoms with Gasteiger partial charge in [0.05, 0.1) is 0 Å². The van der Waals surface area contributed by atoms with Crippen LogP contribution in [0.1, 0.15) is 37.8 Å². The number of hydrogen-bond acceptors (Lipinski definition) is 1. The summed E-state index contributed by atoms with van der Waals surface area (Å²) in [6.45, 7) is 2.20. The number of hydrogen-bond donors (Lipinski definition) is 1. The Morgan fingerprint density at radius 3 is 2.05 bits per heavy atom. The Hall–Kier alpha value is -1.31. The zero-order chi connectivity index (χ0) is 12.8. The van der Waals surface area contributed by atoms with Crippen LogP contribution < -0.4 is 5.73 Å². The van der Waals surface area contributed by atoms with E-state index in [1.54, 1.807) is 0 Å². The van der Waals surface area contributed by atoms with Gasteiger partial charge in [-0.2, -0.15) is 0 Å². The molecule has 2 aromatic carbocycles. The summed E-state index contributed by atoms with van der Waals surface area (Å²) in [4.78, 5) is 0. The third-order valence-corrected chi connectivity index (χ3v) is 3.31. The first kappa shape index (κ1) is 15.7. The van der Waals surface area contributed by atoms with Crippen LogP contribution in [-0.2, 0) is 0 Å². The predicted molar refractivity (Wildman–Crippen MR) is 85.6 cm³/mol. The molecule has 2 aromatic rings. The van der Waals surface area contributed by atoms with E-state index in [1.807, 2.05) is 6.07 Å². The summed E-state index contributed by atoms with van der Waals surface area (Å²) in [5, 5.41) is 0. The highest BCUT2D eigenvalue weighted by molar-refractivity contribution is 5.85. The normalized spacial score (nSPS) is 11.7. The number of rotatable bonds is 5. The highest BCUT2D eigenvalue weighted by Gasteiger charge is 2.05. The number of halogens is 1. The maximum Gasteiger partial charge on any atom is 0.0294 e. The van der Waals surface area contributed by atoms with Crippen LogP contribution in [-0.4, -0.2) is 0 Å². The molecule has 2 N–H and O–H groups in total. The van der Waals surface area contributed by atoms with Crippen LogP contribution in [0.2, 0.25) is 0 Å². The molecule has 0 saturated carbocycles. The minimum Gasteiger partial charge on any atom is -0.324 e. The maximum absolute atomic E-state index is 6.17. The average Bonchev–Trinajstić information content (AvgIpc) is 2.46. The van der Waals surface area contributed by atoms with Gasteiger partial charge in [-0.1, -0.05) is 74.4 Å². The van der Waals surface area contributed by atoms with Gasteiger partial charge in [-0.15, -0.1) is 12.4 Å². The molecule has 1 atom stereocenters. The first-order chi connectivity index (χ1) is 8.81. The molecule has 19 heavy (non-hydrogen) atoms. The predicted octanol–water partition coefficient (Wildman–Crippen LogP) is 4.97. The molecule has 2 rings (SSSR count). The molecule has 0 heterocycles. The van der Waals surface area contributed by atoms with Gasteiger partial charge in [0.2, 0.25) is 0 Å². The molecule has 0 radical (unpaired) electrons. The molecule has 0 saturated heterocycles. The molecule has 0 unspecified atom stereocenters. The van der Waals surface area contributed by atoms with Crippen molar-refractivity contribution in [3.05, 3.63) is 60.2 Å². The Bertz CT molecular complexity index is 464. The van der Waals surface area contributed by atoms with Gasteiger partial charge in [0.1, 0.15) is 0 Å². The van der Waals surface area contributed by atoms with Gasteiger partial charge in [-0.25, -0.2) is 0 Å². The second-order valence-electron chi connectivity index (χ2n) is 4.74. The van der Waals surface area contributed by atoms with Gasteiger partial charge < -0.3 is 5.73 Å². The number of nitrogens with two attached hydrogens (primary N) is 1. The second kappa shape index (κ2) is 7.98. The Morgan fingerprint density at radius 1 is 0.895 bits per heavy atom. The van der Waals surface area contributed by atoms with Crippen molar-refractivity contribution in [2.45, 2.75) is 32.2 Å². The summed E-state index contributed by atoms with van der Waals surface area (Å²) in [6.07, 6.45) is 3.47. The zero-order valence-electron chi connectivity index (χ0n) is 11.4. The Morgan fingerprint density at radius 2 is 1.47 bits per heavy atom. The van der Waals surface area contributed by atoms with Gasteiger partial charge in [-0.05, 0) is 23.1 Å². The minimum atomic E-state index is 0. The van der Waals surface area contributed by atoms with Crippen LogP contribution in [0.5, 0.6) is 0 Å². The molecule has 1 nitrogen and oxygen atoms in total. The summed E-state index contributed by atoms with van der Waals surface area (Å²) < 4.78 is 0. The van der Waals surface area contributed by atoms with Gasteiger partial charge in [0, 0.05) is 6.04 Å². The smallest absolute Gasteiger partial charge is 0.0294 e. The van der Waals surface area contributed by atoms with E-state index in [1.165, 1.54) is 29.5 Å². The van der Waals surface area contributed by atoms with Gasteiger partial charge in [0.25, 0.3) is 0 Å². The molecular weight excluding hydrogens is 254 g/mol. The number of unbranched alkanes of at least 4 members (excludes halogenated alkanes) is 1. The SMILES string of the molecule is CCCC[C@H](N)c1ccc(-c2ccccc2)cc1.Cl. The quantitative estimate of drug-likeness (QED) is 0.819. The first-order valence-electron chi connectivity index (χ1n) is 6.72. The standard InChI is InChI=1S/C17H21N.ClH/c1-2-3-9-17(18)16-12-10-15(11-13-16)14-7-5-4-6-8-14;/h4-8,10-13,17H,2-3,9,18H2,1H3;1H/t17-;/m0./s1. The second-order valence-corrected chi connectivity index (χ2v) is 4.74. The minimum absolute atomic E-state index is 0. The molecule has 0 aliphatic rings. The van der Waals surface area contributed by atoms with E-state index >= 15 is 0 Å². The highest BCUT2D eigenvalue weighted by Crippen LogP contribution is 2.22. The zero-order valence-corrected chi connectivity index (χ0v) is 12.2. The third-order valence-electron chi connectivity index (χ3n) is 3.31. The van der Waals surface area contributed by atoms with Crippen LogP contribution in [0, 0.1) is 0 Å². The van der Waals surface area contributed by atoms with Gasteiger partial charge in [0.15, 0.2) is 0 Å². The molecule has 102 valence electrons. The molecule has 0 aromatic heterocycles. The van der Waals surface area contributed by atoms with Crippen molar-refractivity contribution in [1.82, 2.24) is 0 Å². The van der Waals surface area contributed by atoms with Crippen molar-refractivity contribution in [1.29, 1.82) is 0 Å². The van der Waals surface area contributed by atoms with Crippen molar-refractivity contribution in [3.8, 4) is 11.1 Å². The average molecular weight is 276 g/mol. The van der Waals surface area contributed by atoms with Crippen molar-refractivity contribution >= 4 is 12.4 Å². The fraction of sp³-hybridized carbons (Fsp3) is 0.294. The summed E-state index contributed by atoms with van der Waals surface area (Å²) in [5.74, 6) is 0. The summed E-state index contributed by atoms with van der Waals surface area (Å²) >= 11 is 0. The van der Waals surface area contributed by atoms with Crippen LogP contribution in [0.15, 0.2) is 54.6 Å². The molecule has 2 heteroatoms. The number of benzene rings is 2. The highest BCUT2D eigenvalue weighted by atomic mass is 35.5. The lowest BCUT2D eigenvalue weighted by Crippen LogP contribution is -2.09. The van der Waals surface area contributed by atoms with E-state index in [-0.39, 0.29) is 18.4 Å². The molecule has 0 spiro atoms. The van der Waals surface area contributed by atoms with Crippen molar-refractivity contribution < 1.29 is 0 Å². The lowest BCUT2D eigenvalue weighted by atomic mass is 9.98. The third kappa shape index (κ3) is 4.38. The van der Waals surface area contributed by atoms with E-state index in [0.717, 1.165) is 6.42 Å². The fourth-order valence-electron chi connectivity index (χ4n) is 2.14. The van der Waals surface area contributed by atoms with E-state index in [9.17, 15) is 0 Å². The lowest BCUT2D eigenvalue weighted by Gasteiger charge is -2.12. The van der Waals surface area contributed by atoms with Gasteiger partial charge in [-0.3, -0.25) is 0 Å². The van der Waals surface area contributed by atoms with Crippen LogP contribution in [0.3, 0.4) is 0 Å². The molecule has 0 bridgehead atoms. The lowest BCUT2D eigenvalue weighted by molar-refractivity contribution is 0.603. The van der Waals surface area contributed by atoms with Crippen LogP contribution in [0.25, 0.3) is 11.1 Å². The van der Waals surface area contributed by atoms with E-state index < -0.39 is 0 Å². The van der Waals surface area contributed by atoms with E-state index in [0.29, 0.717) is 0 Å². The molecule has 0 fully saturated rings. The Balaban J connectivity index is 0.00000180. The van der Waals surface area contributed by atoms with E-state index in [2.05, 4.69) is 55.5 Å². The van der Waals surface area contributed by atoms with Crippen molar-refractivity contribution in [2.75, 3.05) is 0 Å². The van der Waals surface area contributed by atoms with Crippen molar-refractivity contribution in [2.24, 2.45) is 5.73 Å². The summed E-state index contributed by atoms with van der Waals surface area (Å²) in [7, 11) is 0. The van der Waals surface area contributed by atoms with Crippen molar-refractivity contribution in [3.63, 3.8) is 0 Å². The summed E-state index contributed by atoms with van der Waals surface area (Å²) in [6, 6.07) is 19.2. The molecular formula is C17H22ClN. The van der Waals surface area contributed by atoms with Crippen LogP contribution >= 0.6 is 12.4 Å². The maximum atomic E-state index is 6.17. The first-order valence-corrected chi connectivity index (χ1v) is 6.72. The fourth-order valence-corrected chi connectivity index (χ4v) is 2.14. The Kier molecular flexibility index (Phi) is 6.61. The summed E-state index contributed by atoms with van der Waals surface area (Å²) in [5.41, 5.74) is 9.92. The monoisotopic (exact) mass is 275 g/mol. The Labute approximate surface area is 122 Å². The van der Waals surface area contributed by atoms with E-state index in [4.69, 9.17) is 5.73 Å². The molecule has 0 amide bonds. The van der Waals surface area contributed by atoms with Crippen LogP contribution in [0.4, 0.5) is 0 Å². The molecule has 0 aliphatic carbocycles. The topological polar surface area (TPSA) is 26.0 Å². The largest absolute Gasteiger partial charge is 0.324 e. The van der Waals surface area contributed by atoms with Gasteiger partial charge >= 0.3 is 0 Å². The molecule has 0 aliphatic heterocycles.